The molecule has 21 heavy (non-hydrogen) atoms. The van der Waals surface area contributed by atoms with E-state index in [0.717, 1.165) is 18.3 Å². The van der Waals surface area contributed by atoms with Crippen LogP contribution in [0, 0.1) is 11.8 Å². The zero-order chi connectivity index (χ0) is 15.3. The Morgan fingerprint density at radius 1 is 1.05 bits per heavy atom. The maximum absolute atomic E-state index is 11.2. The molecule has 1 aromatic rings. The Morgan fingerprint density at radius 3 is 2.24 bits per heavy atom. The lowest BCUT2D eigenvalue weighted by Gasteiger charge is -2.26. The predicted molar refractivity (Wildman–Crippen MR) is 86.5 cm³/mol. The van der Waals surface area contributed by atoms with E-state index >= 15 is 0 Å². The first-order chi connectivity index (χ1) is 9.95. The molecule has 0 radical (unpaired) electrons. The Labute approximate surface area is 129 Å². The van der Waals surface area contributed by atoms with E-state index in [1.54, 1.807) is 12.1 Å². The number of unbranched alkanes of at least 4 members (excludes halogenated alkanes) is 1. The smallest absolute Gasteiger partial charge is 0.225 e. The predicted octanol–water partition coefficient (Wildman–Crippen LogP) is 3.87. The minimum absolute atomic E-state index is 0.197. The van der Waals surface area contributed by atoms with Crippen molar-refractivity contribution in [2.24, 2.45) is 17.0 Å². The third kappa shape index (κ3) is 5.44. The van der Waals surface area contributed by atoms with Crippen molar-refractivity contribution in [1.29, 1.82) is 0 Å². The number of nitrogens with two attached hydrogens (primary N) is 1. The van der Waals surface area contributed by atoms with Crippen molar-refractivity contribution in [3.05, 3.63) is 29.8 Å². The number of aryl methyl sites for hydroxylation is 1. The number of hydrogen-bond donors (Lipinski definition) is 1. The standard InChI is InChI=1S/C17H27NO2S/c1-14-6-8-15(9-7-14)4-2-3-5-16-10-12-17(13-11-16)21(18,19)20/h10-15H,2-9H2,1H3,(H2,18,19,20). The molecule has 2 rings (SSSR count). The zero-order valence-electron chi connectivity index (χ0n) is 12.9. The van der Waals surface area contributed by atoms with Crippen molar-refractivity contribution >= 4 is 10.0 Å². The van der Waals surface area contributed by atoms with Crippen molar-refractivity contribution in [1.82, 2.24) is 0 Å². The van der Waals surface area contributed by atoms with E-state index in [-0.39, 0.29) is 4.90 Å². The summed E-state index contributed by atoms with van der Waals surface area (Å²) in [5, 5.41) is 5.09. The number of benzene rings is 1. The first-order valence-electron chi connectivity index (χ1n) is 8.07. The van der Waals surface area contributed by atoms with Crippen molar-refractivity contribution in [2.45, 2.75) is 63.2 Å². The third-order valence-corrected chi connectivity index (χ3v) is 5.64. The molecular formula is C17H27NO2S. The second-order valence-electron chi connectivity index (χ2n) is 6.56. The molecule has 3 nitrogen and oxygen atoms in total. The summed E-state index contributed by atoms with van der Waals surface area (Å²) < 4.78 is 22.4. The Morgan fingerprint density at radius 2 is 1.67 bits per heavy atom. The Bertz CT molecular complexity index is 528. The number of primary sulfonamides is 1. The highest BCUT2D eigenvalue weighted by Crippen LogP contribution is 2.31. The van der Waals surface area contributed by atoms with Crippen LogP contribution < -0.4 is 5.14 Å². The Kier molecular flexibility index (Phi) is 5.82. The summed E-state index contributed by atoms with van der Waals surface area (Å²) in [4.78, 5) is 0.197. The summed E-state index contributed by atoms with van der Waals surface area (Å²) in [6.07, 6.45) is 10.4. The molecule has 0 heterocycles. The molecule has 2 N–H and O–H groups in total. The molecule has 4 heteroatoms. The number of rotatable bonds is 6. The van der Waals surface area contributed by atoms with E-state index in [4.69, 9.17) is 5.14 Å². The van der Waals surface area contributed by atoms with Crippen LogP contribution in [0.25, 0.3) is 0 Å². The maximum atomic E-state index is 11.2. The molecule has 118 valence electrons. The molecule has 1 fully saturated rings. The fourth-order valence-electron chi connectivity index (χ4n) is 3.23. The van der Waals surface area contributed by atoms with Gasteiger partial charge in [0.15, 0.2) is 0 Å². The van der Waals surface area contributed by atoms with Crippen molar-refractivity contribution in [3.63, 3.8) is 0 Å². The van der Waals surface area contributed by atoms with E-state index in [1.165, 1.54) is 50.5 Å². The fourth-order valence-corrected chi connectivity index (χ4v) is 3.74. The first-order valence-corrected chi connectivity index (χ1v) is 9.61. The summed E-state index contributed by atoms with van der Waals surface area (Å²) in [6, 6.07) is 6.96. The number of hydrogen-bond acceptors (Lipinski definition) is 2. The molecular weight excluding hydrogens is 282 g/mol. The molecule has 0 bridgehead atoms. The van der Waals surface area contributed by atoms with Crippen LogP contribution in [0.1, 0.15) is 57.4 Å². The van der Waals surface area contributed by atoms with Gasteiger partial charge in [-0.15, -0.1) is 0 Å². The van der Waals surface area contributed by atoms with Gasteiger partial charge in [-0.05, 0) is 42.4 Å². The first kappa shape index (κ1) is 16.5. The van der Waals surface area contributed by atoms with Gasteiger partial charge in [0.05, 0.1) is 4.90 Å². The fraction of sp³-hybridized carbons (Fsp3) is 0.647. The summed E-state index contributed by atoms with van der Waals surface area (Å²) in [6.45, 7) is 2.36. The van der Waals surface area contributed by atoms with Crippen molar-refractivity contribution in [3.8, 4) is 0 Å². The summed E-state index contributed by atoms with van der Waals surface area (Å²) >= 11 is 0. The Balaban J connectivity index is 1.69. The Hall–Kier alpha value is -0.870. The summed E-state index contributed by atoms with van der Waals surface area (Å²) in [7, 11) is -3.56. The lowest BCUT2D eigenvalue weighted by atomic mass is 9.80. The van der Waals surface area contributed by atoms with E-state index in [0.29, 0.717) is 0 Å². The summed E-state index contributed by atoms with van der Waals surface area (Å²) in [5.74, 6) is 1.87. The van der Waals surface area contributed by atoms with Gasteiger partial charge in [0.1, 0.15) is 0 Å². The molecule has 0 aliphatic heterocycles. The topological polar surface area (TPSA) is 60.2 Å². The number of sulfonamides is 1. The lowest BCUT2D eigenvalue weighted by molar-refractivity contribution is 0.272. The van der Waals surface area contributed by atoms with Gasteiger partial charge in [-0.1, -0.05) is 57.6 Å². The lowest BCUT2D eigenvalue weighted by Crippen LogP contribution is -2.12. The minimum atomic E-state index is -3.56. The van der Waals surface area contributed by atoms with Crippen LogP contribution in [-0.4, -0.2) is 8.42 Å². The highest BCUT2D eigenvalue weighted by Gasteiger charge is 2.17. The molecule has 1 aliphatic rings. The van der Waals surface area contributed by atoms with Crippen LogP contribution in [0.3, 0.4) is 0 Å². The van der Waals surface area contributed by atoms with Crippen LogP contribution in [0.15, 0.2) is 29.2 Å². The van der Waals surface area contributed by atoms with Crippen LogP contribution in [-0.2, 0) is 16.4 Å². The van der Waals surface area contributed by atoms with Crippen LogP contribution in [0.4, 0.5) is 0 Å². The van der Waals surface area contributed by atoms with Gasteiger partial charge in [0, 0.05) is 0 Å². The monoisotopic (exact) mass is 309 g/mol. The van der Waals surface area contributed by atoms with E-state index in [2.05, 4.69) is 6.92 Å². The molecule has 0 atom stereocenters. The molecule has 0 saturated heterocycles. The highest BCUT2D eigenvalue weighted by atomic mass is 32.2. The van der Waals surface area contributed by atoms with Gasteiger partial charge in [-0.2, -0.15) is 0 Å². The average molecular weight is 309 g/mol. The quantitative estimate of drug-likeness (QED) is 0.811. The van der Waals surface area contributed by atoms with Gasteiger partial charge < -0.3 is 0 Å². The molecule has 0 spiro atoms. The van der Waals surface area contributed by atoms with E-state index in [9.17, 15) is 8.42 Å². The van der Waals surface area contributed by atoms with Crippen LogP contribution in [0.2, 0.25) is 0 Å². The van der Waals surface area contributed by atoms with Crippen LogP contribution >= 0.6 is 0 Å². The van der Waals surface area contributed by atoms with Gasteiger partial charge in [0.25, 0.3) is 0 Å². The maximum Gasteiger partial charge on any atom is 0.238 e. The van der Waals surface area contributed by atoms with Crippen molar-refractivity contribution in [2.75, 3.05) is 0 Å². The second kappa shape index (κ2) is 7.41. The van der Waals surface area contributed by atoms with Gasteiger partial charge in [-0.25, -0.2) is 13.6 Å². The van der Waals surface area contributed by atoms with Gasteiger partial charge in [0.2, 0.25) is 10.0 Å². The second-order valence-corrected chi connectivity index (χ2v) is 8.12. The third-order valence-electron chi connectivity index (χ3n) is 4.72. The molecule has 1 saturated carbocycles. The SMILES string of the molecule is CC1CCC(CCCCc2ccc(S(N)(=O)=O)cc2)CC1. The molecule has 0 unspecified atom stereocenters. The zero-order valence-corrected chi connectivity index (χ0v) is 13.7. The normalized spacial score (nSPS) is 23.1. The molecule has 0 aromatic heterocycles. The average Bonchev–Trinajstić information content (AvgIpc) is 2.45. The van der Waals surface area contributed by atoms with Crippen LogP contribution in [0.5, 0.6) is 0 Å². The molecule has 0 amide bonds. The van der Waals surface area contributed by atoms with Gasteiger partial charge >= 0.3 is 0 Å². The largest absolute Gasteiger partial charge is 0.238 e. The van der Waals surface area contributed by atoms with E-state index in [1.807, 2.05) is 12.1 Å². The highest BCUT2D eigenvalue weighted by molar-refractivity contribution is 7.89. The molecule has 1 aromatic carbocycles. The minimum Gasteiger partial charge on any atom is -0.225 e. The van der Waals surface area contributed by atoms with Crippen molar-refractivity contribution < 1.29 is 8.42 Å². The molecule has 1 aliphatic carbocycles. The van der Waals surface area contributed by atoms with Gasteiger partial charge in [-0.3, -0.25) is 0 Å². The van der Waals surface area contributed by atoms with E-state index < -0.39 is 10.0 Å². The summed E-state index contributed by atoms with van der Waals surface area (Å²) in [5.41, 5.74) is 1.19.